The highest BCUT2D eigenvalue weighted by molar-refractivity contribution is 6.00. The molecular weight excluding hydrogens is 426 g/mol. The maximum atomic E-state index is 13.3. The molecule has 34 heavy (non-hydrogen) atoms. The summed E-state index contributed by atoms with van der Waals surface area (Å²) in [6.07, 6.45) is 5.84. The van der Waals surface area contributed by atoms with Crippen LogP contribution in [0.2, 0.25) is 0 Å². The molecule has 1 aliphatic rings. The van der Waals surface area contributed by atoms with E-state index in [1.165, 1.54) is 7.11 Å². The lowest BCUT2D eigenvalue weighted by Crippen LogP contribution is -2.34. The molecular formula is C28H27N3O3. The second-order valence-corrected chi connectivity index (χ2v) is 8.28. The SMILES string of the molecule is [2H]C([2H])([2H])Oc1cc2c(cc1OC)CN(C(=O)/C=C/c1c(-c3ccccc3)n(C)c3ncccc13)CC2. The average molecular weight is 457 g/mol. The van der Waals surface area contributed by atoms with Gasteiger partial charge in [0.2, 0.25) is 5.91 Å². The summed E-state index contributed by atoms with van der Waals surface area (Å²) in [6, 6.07) is 17.4. The highest BCUT2D eigenvalue weighted by Gasteiger charge is 2.22. The Balaban J connectivity index is 1.43. The number of hydrogen-bond donors (Lipinski definition) is 0. The number of methoxy groups -OCH3 is 2. The number of fused-ring (bicyclic) bond motifs is 2. The first kappa shape index (κ1) is 18.4. The van der Waals surface area contributed by atoms with E-state index in [0.29, 0.717) is 25.3 Å². The summed E-state index contributed by atoms with van der Waals surface area (Å²) in [5, 5.41) is 0.975. The molecule has 2 aromatic carbocycles. The molecule has 0 aliphatic carbocycles. The quantitative estimate of drug-likeness (QED) is 0.403. The van der Waals surface area contributed by atoms with Crippen LogP contribution in [0, 0.1) is 0 Å². The third-order valence-corrected chi connectivity index (χ3v) is 6.34. The Labute approximate surface area is 203 Å². The summed E-state index contributed by atoms with van der Waals surface area (Å²) in [5.41, 5.74) is 5.68. The number of ether oxygens (including phenoxy) is 2. The van der Waals surface area contributed by atoms with Crippen molar-refractivity contribution in [1.29, 1.82) is 0 Å². The zero-order valence-electron chi connectivity index (χ0n) is 22.1. The largest absolute Gasteiger partial charge is 0.493 e. The lowest BCUT2D eigenvalue weighted by molar-refractivity contribution is -0.126. The van der Waals surface area contributed by atoms with Crippen LogP contribution in [0.25, 0.3) is 28.4 Å². The fraction of sp³-hybridized carbons (Fsp3) is 0.214. The summed E-state index contributed by atoms with van der Waals surface area (Å²) in [4.78, 5) is 19.6. The van der Waals surface area contributed by atoms with Crippen LogP contribution in [-0.4, -0.2) is 41.1 Å². The van der Waals surface area contributed by atoms with Crippen molar-refractivity contribution in [2.24, 2.45) is 7.05 Å². The summed E-state index contributed by atoms with van der Waals surface area (Å²) in [6.45, 7) is 0.907. The highest BCUT2D eigenvalue weighted by atomic mass is 16.5. The topological polar surface area (TPSA) is 56.6 Å². The van der Waals surface area contributed by atoms with Gasteiger partial charge in [0.05, 0.1) is 24.0 Å². The van der Waals surface area contributed by atoms with Crippen LogP contribution in [0.1, 0.15) is 20.8 Å². The van der Waals surface area contributed by atoms with Crippen molar-refractivity contribution in [1.82, 2.24) is 14.5 Å². The zero-order chi connectivity index (χ0) is 26.2. The number of aromatic nitrogens is 2. The van der Waals surface area contributed by atoms with E-state index in [1.807, 2.05) is 55.6 Å². The number of carbonyl (C=O) groups is 1. The molecule has 0 unspecified atom stereocenters. The Bertz CT molecular complexity index is 1490. The van der Waals surface area contributed by atoms with E-state index in [1.54, 1.807) is 29.3 Å². The van der Waals surface area contributed by atoms with Gasteiger partial charge in [0.25, 0.3) is 0 Å². The van der Waals surface area contributed by atoms with Gasteiger partial charge in [0, 0.05) is 43.4 Å². The van der Waals surface area contributed by atoms with Gasteiger partial charge in [-0.05, 0) is 53.5 Å². The smallest absolute Gasteiger partial charge is 0.246 e. The first-order chi connectivity index (χ1) is 17.7. The predicted molar refractivity (Wildman–Crippen MR) is 134 cm³/mol. The molecule has 6 heteroatoms. The van der Waals surface area contributed by atoms with Crippen molar-refractivity contribution < 1.29 is 18.4 Å². The molecule has 6 nitrogen and oxygen atoms in total. The van der Waals surface area contributed by atoms with Crippen LogP contribution in [-0.2, 0) is 24.8 Å². The third kappa shape index (κ3) is 3.81. The number of nitrogens with zero attached hydrogens (tertiary/aromatic N) is 3. The standard InChI is InChI=1S/C28H27N3O3/c1-30-27(19-8-5-4-6-9-19)22(23-10-7-14-29-28(23)30)11-12-26(32)31-15-13-20-16-24(33-2)25(34-3)17-21(20)18-31/h4-12,14,16-17H,13,15,18H2,1-3H3/b12-11+/i2D3. The summed E-state index contributed by atoms with van der Waals surface area (Å²) >= 11 is 0. The van der Waals surface area contributed by atoms with E-state index in [-0.39, 0.29) is 11.7 Å². The Morgan fingerprint density at radius 2 is 1.88 bits per heavy atom. The lowest BCUT2D eigenvalue weighted by Gasteiger charge is -2.28. The second-order valence-electron chi connectivity index (χ2n) is 8.28. The molecule has 0 spiro atoms. The van der Waals surface area contributed by atoms with Crippen LogP contribution in [0.15, 0.2) is 66.9 Å². The van der Waals surface area contributed by atoms with Crippen LogP contribution in [0.3, 0.4) is 0 Å². The molecule has 0 N–H and O–H groups in total. The Morgan fingerprint density at radius 3 is 2.68 bits per heavy atom. The number of benzene rings is 2. The second kappa shape index (κ2) is 9.06. The van der Waals surface area contributed by atoms with E-state index in [4.69, 9.17) is 13.6 Å². The van der Waals surface area contributed by atoms with Gasteiger partial charge in [0.1, 0.15) is 5.65 Å². The van der Waals surface area contributed by atoms with E-state index in [2.05, 4.69) is 9.55 Å². The Hall–Kier alpha value is -4.06. The van der Waals surface area contributed by atoms with E-state index in [9.17, 15) is 4.79 Å². The summed E-state index contributed by atoms with van der Waals surface area (Å²) < 4.78 is 34.7. The molecule has 172 valence electrons. The van der Waals surface area contributed by atoms with Crippen molar-refractivity contribution in [3.63, 3.8) is 0 Å². The van der Waals surface area contributed by atoms with Gasteiger partial charge in [-0.1, -0.05) is 30.3 Å². The van der Waals surface area contributed by atoms with Crippen molar-refractivity contribution >= 4 is 23.0 Å². The lowest BCUT2D eigenvalue weighted by atomic mass is 9.98. The average Bonchev–Trinajstić information content (AvgIpc) is 3.17. The van der Waals surface area contributed by atoms with Crippen molar-refractivity contribution in [2.75, 3.05) is 20.7 Å². The van der Waals surface area contributed by atoms with Gasteiger partial charge in [-0.3, -0.25) is 4.79 Å². The minimum atomic E-state index is -2.57. The number of aryl methyl sites for hydroxylation is 1. The van der Waals surface area contributed by atoms with Gasteiger partial charge in [-0.2, -0.15) is 0 Å². The molecule has 0 saturated heterocycles. The molecule has 1 aliphatic heterocycles. The number of pyridine rings is 1. The maximum absolute atomic E-state index is 13.3. The molecule has 2 aromatic heterocycles. The van der Waals surface area contributed by atoms with Gasteiger partial charge < -0.3 is 18.9 Å². The monoisotopic (exact) mass is 456 g/mol. The van der Waals surface area contributed by atoms with E-state index in [0.717, 1.165) is 39.0 Å². The van der Waals surface area contributed by atoms with Crippen molar-refractivity contribution in [2.45, 2.75) is 13.0 Å². The number of hydrogen-bond acceptors (Lipinski definition) is 4. The number of carbonyl (C=O) groups excluding carboxylic acids is 1. The summed E-state index contributed by atoms with van der Waals surface area (Å²) in [7, 11) is 0.876. The van der Waals surface area contributed by atoms with Crippen molar-refractivity contribution in [3.8, 4) is 22.8 Å². The molecule has 0 radical (unpaired) electrons. The molecule has 0 fully saturated rings. The molecule has 3 heterocycles. The van der Waals surface area contributed by atoms with Crippen LogP contribution >= 0.6 is 0 Å². The number of rotatable bonds is 5. The minimum Gasteiger partial charge on any atom is -0.493 e. The fourth-order valence-corrected chi connectivity index (χ4v) is 4.65. The molecule has 0 bridgehead atoms. The summed E-state index contributed by atoms with van der Waals surface area (Å²) in [5.74, 6) is 0.404. The first-order valence-corrected chi connectivity index (χ1v) is 11.1. The highest BCUT2D eigenvalue weighted by Crippen LogP contribution is 2.35. The normalized spacial score (nSPS) is 15.0. The van der Waals surface area contributed by atoms with Gasteiger partial charge >= 0.3 is 0 Å². The zero-order valence-corrected chi connectivity index (χ0v) is 19.1. The third-order valence-electron chi connectivity index (χ3n) is 6.34. The van der Waals surface area contributed by atoms with E-state index >= 15 is 0 Å². The number of amides is 1. The van der Waals surface area contributed by atoms with E-state index < -0.39 is 7.04 Å². The Kier molecular flexibility index (Phi) is 4.90. The van der Waals surface area contributed by atoms with Crippen molar-refractivity contribution in [3.05, 3.63) is 83.6 Å². The molecule has 1 amide bonds. The Morgan fingerprint density at radius 1 is 1.09 bits per heavy atom. The van der Waals surface area contributed by atoms with Crippen LogP contribution < -0.4 is 9.47 Å². The molecule has 0 atom stereocenters. The molecule has 5 rings (SSSR count). The molecule has 0 saturated carbocycles. The van der Waals surface area contributed by atoms with Crippen LogP contribution in [0.4, 0.5) is 0 Å². The predicted octanol–water partition coefficient (Wildman–Crippen LogP) is 4.86. The van der Waals surface area contributed by atoms with Gasteiger partial charge in [0.15, 0.2) is 11.5 Å². The van der Waals surface area contributed by atoms with Crippen LogP contribution in [0.5, 0.6) is 11.5 Å². The minimum absolute atomic E-state index is 0.104. The molecule has 4 aromatic rings. The van der Waals surface area contributed by atoms with Gasteiger partial charge in [-0.15, -0.1) is 0 Å². The maximum Gasteiger partial charge on any atom is 0.246 e. The first-order valence-electron chi connectivity index (χ1n) is 12.6. The fourth-order valence-electron chi connectivity index (χ4n) is 4.65. The van der Waals surface area contributed by atoms with Gasteiger partial charge in [-0.25, -0.2) is 4.98 Å².